The number of nitrogens with two attached hydrogens (primary N) is 1. The molecule has 0 bridgehead atoms. The molecular weight excluding hydrogens is 246 g/mol. The number of aromatic nitrogens is 2. The molecule has 3 N–H and O–H groups in total. The minimum absolute atomic E-state index is 0.0203. The van der Waals surface area contributed by atoms with Crippen LogP contribution in [0, 0.1) is 5.92 Å². The van der Waals surface area contributed by atoms with E-state index in [4.69, 9.17) is 10.5 Å². The molecule has 0 radical (unpaired) electrons. The Morgan fingerprint density at radius 3 is 2.74 bits per heavy atom. The normalized spacial score (nSPS) is 16.2. The zero-order valence-corrected chi connectivity index (χ0v) is 11.2. The first-order chi connectivity index (χ1) is 9.17. The van der Waals surface area contributed by atoms with Gasteiger partial charge in [0.15, 0.2) is 11.6 Å². The van der Waals surface area contributed by atoms with Gasteiger partial charge in [0, 0.05) is 20.1 Å². The Hall–Kier alpha value is -2.05. The predicted molar refractivity (Wildman–Crippen MR) is 72.9 cm³/mol. The van der Waals surface area contributed by atoms with Crippen LogP contribution in [0.4, 0.5) is 17.3 Å². The molecule has 1 fully saturated rings. The number of ether oxygens (including phenoxy) is 1. The highest BCUT2D eigenvalue weighted by atomic mass is 16.5. The van der Waals surface area contributed by atoms with Gasteiger partial charge in [0.2, 0.25) is 0 Å². The second-order valence-electron chi connectivity index (χ2n) is 4.49. The van der Waals surface area contributed by atoms with Crippen molar-refractivity contribution in [3.05, 3.63) is 6.33 Å². The molecule has 0 aliphatic carbocycles. The molecule has 7 heteroatoms. The number of methoxy groups -OCH3 is 1. The summed E-state index contributed by atoms with van der Waals surface area (Å²) < 4.78 is 4.77. The predicted octanol–water partition coefficient (Wildman–Crippen LogP) is 0.490. The maximum absolute atomic E-state index is 11.5. The van der Waals surface area contributed by atoms with E-state index in [-0.39, 0.29) is 11.9 Å². The lowest BCUT2D eigenvalue weighted by Crippen LogP contribution is -2.37. The van der Waals surface area contributed by atoms with Gasteiger partial charge in [-0.3, -0.25) is 4.79 Å². The van der Waals surface area contributed by atoms with E-state index in [9.17, 15) is 4.79 Å². The van der Waals surface area contributed by atoms with E-state index in [0.717, 1.165) is 31.7 Å². The number of nitrogens with one attached hydrogen (secondary N) is 1. The SMILES string of the molecule is CNc1ncnc(N2CCC(C(=O)OC)CC2)c1N. The number of hydrogen-bond acceptors (Lipinski definition) is 7. The Balaban J connectivity index is 2.08. The number of carbonyl (C=O) groups is 1. The van der Waals surface area contributed by atoms with E-state index in [2.05, 4.69) is 20.2 Å². The Morgan fingerprint density at radius 2 is 2.16 bits per heavy atom. The molecule has 1 aliphatic rings. The van der Waals surface area contributed by atoms with Gasteiger partial charge in [-0.1, -0.05) is 0 Å². The van der Waals surface area contributed by atoms with Crippen LogP contribution in [0.1, 0.15) is 12.8 Å². The average Bonchev–Trinajstić information content (AvgIpc) is 2.47. The van der Waals surface area contributed by atoms with Crippen LogP contribution in [0.2, 0.25) is 0 Å². The second kappa shape index (κ2) is 5.73. The fraction of sp³-hybridized carbons (Fsp3) is 0.583. The van der Waals surface area contributed by atoms with Gasteiger partial charge in [-0.05, 0) is 12.8 Å². The largest absolute Gasteiger partial charge is 0.469 e. The number of nitrogen functional groups attached to an aromatic ring is 1. The van der Waals surface area contributed by atoms with Gasteiger partial charge < -0.3 is 20.7 Å². The lowest BCUT2D eigenvalue weighted by atomic mass is 9.97. The maximum Gasteiger partial charge on any atom is 0.308 e. The van der Waals surface area contributed by atoms with Crippen molar-refractivity contribution >= 4 is 23.3 Å². The third kappa shape index (κ3) is 2.69. The molecule has 0 spiro atoms. The van der Waals surface area contributed by atoms with Crippen LogP contribution in [0.25, 0.3) is 0 Å². The molecule has 1 aromatic heterocycles. The van der Waals surface area contributed by atoms with Gasteiger partial charge in [-0.25, -0.2) is 9.97 Å². The molecule has 7 nitrogen and oxygen atoms in total. The average molecular weight is 265 g/mol. The molecule has 2 rings (SSSR count). The lowest BCUT2D eigenvalue weighted by Gasteiger charge is -2.32. The van der Waals surface area contributed by atoms with Crippen LogP contribution in [0.3, 0.4) is 0 Å². The summed E-state index contributed by atoms with van der Waals surface area (Å²) in [5.74, 6) is 1.20. The third-order valence-corrected chi connectivity index (χ3v) is 3.43. The van der Waals surface area contributed by atoms with Gasteiger partial charge in [-0.2, -0.15) is 0 Å². The quantitative estimate of drug-likeness (QED) is 0.768. The van der Waals surface area contributed by atoms with Crippen molar-refractivity contribution in [2.45, 2.75) is 12.8 Å². The monoisotopic (exact) mass is 265 g/mol. The second-order valence-corrected chi connectivity index (χ2v) is 4.49. The number of nitrogens with zero attached hydrogens (tertiary/aromatic N) is 3. The van der Waals surface area contributed by atoms with Crippen LogP contribution in [0.5, 0.6) is 0 Å². The molecule has 19 heavy (non-hydrogen) atoms. The molecule has 1 aliphatic heterocycles. The summed E-state index contributed by atoms with van der Waals surface area (Å²) in [5, 5.41) is 2.93. The molecular formula is C12H19N5O2. The number of carbonyl (C=O) groups excluding carboxylic acids is 1. The highest BCUT2D eigenvalue weighted by molar-refractivity contribution is 5.76. The summed E-state index contributed by atoms with van der Waals surface area (Å²) >= 11 is 0. The summed E-state index contributed by atoms with van der Waals surface area (Å²) in [7, 11) is 3.20. The van der Waals surface area contributed by atoms with E-state index in [1.54, 1.807) is 7.05 Å². The highest BCUT2D eigenvalue weighted by Crippen LogP contribution is 2.29. The molecule has 0 aromatic carbocycles. The zero-order valence-electron chi connectivity index (χ0n) is 11.2. The number of rotatable bonds is 3. The van der Waals surface area contributed by atoms with Crippen molar-refractivity contribution in [2.75, 3.05) is 43.2 Å². The van der Waals surface area contributed by atoms with Crippen molar-refractivity contribution in [1.82, 2.24) is 9.97 Å². The van der Waals surface area contributed by atoms with Crippen molar-refractivity contribution in [1.29, 1.82) is 0 Å². The van der Waals surface area contributed by atoms with Gasteiger partial charge in [0.05, 0.1) is 13.0 Å². The van der Waals surface area contributed by atoms with Gasteiger partial charge in [0.25, 0.3) is 0 Å². The van der Waals surface area contributed by atoms with E-state index in [1.165, 1.54) is 13.4 Å². The molecule has 2 heterocycles. The first-order valence-electron chi connectivity index (χ1n) is 6.28. The summed E-state index contributed by atoms with van der Waals surface area (Å²) in [4.78, 5) is 21.9. The van der Waals surface area contributed by atoms with Gasteiger partial charge >= 0.3 is 5.97 Å². The fourth-order valence-corrected chi connectivity index (χ4v) is 2.33. The molecule has 0 atom stereocenters. The van der Waals surface area contributed by atoms with Crippen LogP contribution in [-0.2, 0) is 9.53 Å². The summed E-state index contributed by atoms with van der Waals surface area (Å²) in [5.41, 5.74) is 6.57. The first kappa shape index (κ1) is 13.4. The summed E-state index contributed by atoms with van der Waals surface area (Å²) in [6.45, 7) is 1.48. The first-order valence-corrected chi connectivity index (χ1v) is 6.28. The Bertz CT molecular complexity index is 457. The number of piperidine rings is 1. The van der Waals surface area contributed by atoms with Crippen LogP contribution >= 0.6 is 0 Å². The van der Waals surface area contributed by atoms with Gasteiger partial charge in [-0.15, -0.1) is 0 Å². The van der Waals surface area contributed by atoms with Gasteiger partial charge in [0.1, 0.15) is 12.0 Å². The van der Waals surface area contributed by atoms with E-state index in [1.807, 2.05) is 0 Å². The summed E-state index contributed by atoms with van der Waals surface area (Å²) in [6, 6.07) is 0. The van der Waals surface area contributed by atoms with Crippen molar-refractivity contribution in [3.63, 3.8) is 0 Å². The Morgan fingerprint density at radius 1 is 1.47 bits per heavy atom. The van der Waals surface area contributed by atoms with Crippen LogP contribution < -0.4 is 16.0 Å². The summed E-state index contributed by atoms with van der Waals surface area (Å²) in [6.07, 6.45) is 3.00. The van der Waals surface area contributed by atoms with E-state index in [0.29, 0.717) is 11.5 Å². The molecule has 104 valence electrons. The van der Waals surface area contributed by atoms with E-state index >= 15 is 0 Å². The molecule has 1 saturated heterocycles. The highest BCUT2D eigenvalue weighted by Gasteiger charge is 2.27. The fourth-order valence-electron chi connectivity index (χ4n) is 2.33. The molecule has 0 saturated carbocycles. The van der Waals surface area contributed by atoms with Crippen LogP contribution in [-0.4, -0.2) is 43.2 Å². The zero-order chi connectivity index (χ0) is 13.8. The van der Waals surface area contributed by atoms with E-state index < -0.39 is 0 Å². The molecule has 0 amide bonds. The van der Waals surface area contributed by atoms with Crippen molar-refractivity contribution in [2.24, 2.45) is 5.92 Å². The molecule has 0 unspecified atom stereocenters. The maximum atomic E-state index is 11.5. The van der Waals surface area contributed by atoms with Crippen LogP contribution in [0.15, 0.2) is 6.33 Å². The minimum atomic E-state index is -0.133. The Labute approximate surface area is 112 Å². The molecule has 1 aromatic rings. The number of hydrogen-bond donors (Lipinski definition) is 2. The lowest BCUT2D eigenvalue weighted by molar-refractivity contribution is -0.146. The smallest absolute Gasteiger partial charge is 0.308 e. The standard InChI is InChI=1S/C12H19N5O2/c1-14-10-9(13)11(16-7-15-10)17-5-3-8(4-6-17)12(18)19-2/h7-8H,3-6,13H2,1-2H3,(H,14,15,16). The Kier molecular flexibility index (Phi) is 4.03. The third-order valence-electron chi connectivity index (χ3n) is 3.43. The number of esters is 1. The topological polar surface area (TPSA) is 93.4 Å². The minimum Gasteiger partial charge on any atom is -0.469 e. The van der Waals surface area contributed by atoms with Crippen molar-refractivity contribution < 1.29 is 9.53 Å². The number of anilines is 3. The van der Waals surface area contributed by atoms with Crippen molar-refractivity contribution in [3.8, 4) is 0 Å².